The third kappa shape index (κ3) is 3.76. The van der Waals surface area contributed by atoms with Gasteiger partial charge in [0.15, 0.2) is 0 Å². The van der Waals surface area contributed by atoms with Crippen molar-refractivity contribution >= 4 is 17.3 Å². The first kappa shape index (κ1) is 13.5. The molecule has 2 rings (SSSR count). The highest BCUT2D eigenvalue weighted by Gasteiger charge is 2.03. The maximum Gasteiger partial charge on any atom is 0.123 e. The summed E-state index contributed by atoms with van der Waals surface area (Å²) in [6, 6.07) is 13.3. The number of halogens is 1. The van der Waals surface area contributed by atoms with Gasteiger partial charge in [-0.05, 0) is 47.9 Å². The predicted molar refractivity (Wildman–Crippen MR) is 80.5 cm³/mol. The second-order valence-corrected chi connectivity index (χ2v) is 4.71. The third-order valence-electron chi connectivity index (χ3n) is 2.76. The molecule has 0 aliphatic heterocycles. The van der Waals surface area contributed by atoms with Crippen LogP contribution in [-0.4, -0.2) is 0 Å². The molecule has 2 nitrogen and oxygen atoms in total. The molecule has 2 aromatic rings. The first-order valence-electron chi connectivity index (χ1n) is 6.05. The summed E-state index contributed by atoms with van der Waals surface area (Å²) in [5, 5.41) is 0.726. The topological polar surface area (TPSA) is 35.2 Å². The predicted octanol–water partition coefficient (Wildman–Crippen LogP) is 4.23. The van der Waals surface area contributed by atoms with E-state index < -0.39 is 0 Å². The molecular weight excluding hydrogens is 258 g/mol. The monoisotopic (exact) mass is 273 g/mol. The molecule has 0 aromatic heterocycles. The van der Waals surface area contributed by atoms with Crippen molar-refractivity contribution in [3.05, 3.63) is 71.3 Å². The number of rotatable bonds is 5. The van der Waals surface area contributed by atoms with Gasteiger partial charge in [-0.3, -0.25) is 0 Å². The summed E-state index contributed by atoms with van der Waals surface area (Å²) >= 11 is 5.85. The Morgan fingerprint density at radius 2 is 1.89 bits per heavy atom. The van der Waals surface area contributed by atoms with Gasteiger partial charge >= 0.3 is 0 Å². The Morgan fingerprint density at radius 1 is 1.16 bits per heavy atom. The number of anilines is 1. The van der Waals surface area contributed by atoms with Gasteiger partial charge in [0.25, 0.3) is 0 Å². The molecule has 0 unspecified atom stereocenters. The molecule has 0 aliphatic carbocycles. The highest BCUT2D eigenvalue weighted by molar-refractivity contribution is 6.30. The van der Waals surface area contributed by atoms with Gasteiger partial charge in [0.05, 0.1) is 0 Å². The van der Waals surface area contributed by atoms with Crippen molar-refractivity contribution < 1.29 is 4.74 Å². The van der Waals surface area contributed by atoms with Gasteiger partial charge in [-0.15, -0.1) is 6.58 Å². The van der Waals surface area contributed by atoms with Crippen LogP contribution in [0.1, 0.15) is 11.1 Å². The fourth-order valence-corrected chi connectivity index (χ4v) is 1.92. The van der Waals surface area contributed by atoms with Crippen LogP contribution in [0.15, 0.2) is 55.1 Å². The first-order chi connectivity index (χ1) is 9.19. The van der Waals surface area contributed by atoms with Gasteiger partial charge in [-0.2, -0.15) is 0 Å². The highest BCUT2D eigenvalue weighted by atomic mass is 35.5. The van der Waals surface area contributed by atoms with Crippen LogP contribution >= 0.6 is 11.6 Å². The summed E-state index contributed by atoms with van der Waals surface area (Å²) in [6.07, 6.45) is 2.57. The van der Waals surface area contributed by atoms with Crippen LogP contribution in [0.4, 0.5) is 5.69 Å². The standard InChI is InChI=1S/C16H16ClNO/c1-2-3-13-10-15(18)8-9-16(13)19-11-12-4-6-14(17)7-5-12/h2,4-10H,1,3,11,18H2. The Balaban J connectivity index is 2.10. The highest BCUT2D eigenvalue weighted by Crippen LogP contribution is 2.23. The lowest BCUT2D eigenvalue weighted by Crippen LogP contribution is -1.99. The van der Waals surface area contributed by atoms with Crippen LogP contribution in [0, 0.1) is 0 Å². The molecule has 0 atom stereocenters. The van der Waals surface area contributed by atoms with E-state index in [1.807, 2.05) is 48.5 Å². The average molecular weight is 274 g/mol. The molecule has 2 N–H and O–H groups in total. The van der Waals surface area contributed by atoms with Crippen molar-refractivity contribution in [2.75, 3.05) is 5.73 Å². The largest absolute Gasteiger partial charge is 0.489 e. The van der Waals surface area contributed by atoms with Gasteiger partial charge in [-0.25, -0.2) is 0 Å². The summed E-state index contributed by atoms with van der Waals surface area (Å²) in [5.74, 6) is 0.837. The van der Waals surface area contributed by atoms with E-state index in [0.29, 0.717) is 6.61 Å². The minimum atomic E-state index is 0.505. The number of nitrogen functional groups attached to an aromatic ring is 1. The van der Waals surface area contributed by atoms with Crippen LogP contribution in [0.25, 0.3) is 0 Å². The number of nitrogens with two attached hydrogens (primary N) is 1. The minimum Gasteiger partial charge on any atom is -0.489 e. The summed E-state index contributed by atoms with van der Waals surface area (Å²) < 4.78 is 5.82. The van der Waals surface area contributed by atoms with Gasteiger partial charge in [-0.1, -0.05) is 29.8 Å². The van der Waals surface area contributed by atoms with Crippen LogP contribution in [0.5, 0.6) is 5.75 Å². The van der Waals surface area contributed by atoms with E-state index in [-0.39, 0.29) is 0 Å². The number of ether oxygens (including phenoxy) is 1. The molecule has 19 heavy (non-hydrogen) atoms. The molecule has 0 amide bonds. The van der Waals surface area contributed by atoms with Crippen LogP contribution in [0.3, 0.4) is 0 Å². The van der Waals surface area contributed by atoms with Gasteiger partial charge in [0, 0.05) is 10.7 Å². The van der Waals surface area contributed by atoms with E-state index in [2.05, 4.69) is 6.58 Å². The maximum atomic E-state index is 5.85. The van der Waals surface area contributed by atoms with Crippen molar-refractivity contribution in [1.82, 2.24) is 0 Å². The minimum absolute atomic E-state index is 0.505. The van der Waals surface area contributed by atoms with Crippen molar-refractivity contribution in [2.24, 2.45) is 0 Å². The normalized spacial score (nSPS) is 10.2. The molecule has 98 valence electrons. The molecule has 0 saturated heterocycles. The molecule has 0 aliphatic rings. The Bertz CT molecular complexity index is 563. The van der Waals surface area contributed by atoms with Gasteiger partial charge in [0.1, 0.15) is 12.4 Å². The zero-order chi connectivity index (χ0) is 13.7. The second kappa shape index (κ2) is 6.30. The average Bonchev–Trinajstić information content (AvgIpc) is 2.40. The Morgan fingerprint density at radius 3 is 2.58 bits per heavy atom. The van der Waals surface area contributed by atoms with Crippen molar-refractivity contribution in [1.29, 1.82) is 0 Å². The number of hydrogen-bond acceptors (Lipinski definition) is 2. The molecular formula is C16H16ClNO. The van der Waals surface area contributed by atoms with Gasteiger partial charge < -0.3 is 10.5 Å². The van der Waals surface area contributed by atoms with E-state index in [1.54, 1.807) is 0 Å². The quantitative estimate of drug-likeness (QED) is 0.654. The lowest BCUT2D eigenvalue weighted by Gasteiger charge is -2.11. The molecule has 0 spiro atoms. The van der Waals surface area contributed by atoms with Crippen LogP contribution in [-0.2, 0) is 13.0 Å². The fraction of sp³-hybridized carbons (Fsp3) is 0.125. The molecule has 0 fully saturated rings. The molecule has 2 aromatic carbocycles. The van der Waals surface area contributed by atoms with Crippen molar-refractivity contribution in [3.63, 3.8) is 0 Å². The molecule has 0 bridgehead atoms. The van der Waals surface area contributed by atoms with E-state index in [1.165, 1.54) is 0 Å². The Labute approximate surface area is 118 Å². The van der Waals surface area contributed by atoms with Crippen LogP contribution in [0.2, 0.25) is 5.02 Å². The molecule has 3 heteroatoms. The van der Waals surface area contributed by atoms with Crippen LogP contribution < -0.4 is 10.5 Å². The Hall–Kier alpha value is -1.93. The van der Waals surface area contributed by atoms with Gasteiger partial charge in [0.2, 0.25) is 0 Å². The summed E-state index contributed by atoms with van der Waals surface area (Å²) in [4.78, 5) is 0. The summed E-state index contributed by atoms with van der Waals surface area (Å²) in [5.41, 5.74) is 8.63. The zero-order valence-corrected chi connectivity index (χ0v) is 11.4. The molecule has 0 heterocycles. The summed E-state index contributed by atoms with van der Waals surface area (Å²) in [7, 11) is 0. The van der Waals surface area contributed by atoms with E-state index in [0.717, 1.165) is 34.0 Å². The number of allylic oxidation sites excluding steroid dienone is 1. The Kier molecular flexibility index (Phi) is 4.48. The number of hydrogen-bond donors (Lipinski definition) is 1. The fourth-order valence-electron chi connectivity index (χ4n) is 1.80. The smallest absolute Gasteiger partial charge is 0.123 e. The lowest BCUT2D eigenvalue weighted by atomic mass is 10.1. The first-order valence-corrected chi connectivity index (χ1v) is 6.43. The van der Waals surface area contributed by atoms with E-state index >= 15 is 0 Å². The number of benzene rings is 2. The maximum absolute atomic E-state index is 5.85. The van der Waals surface area contributed by atoms with Crippen molar-refractivity contribution in [3.8, 4) is 5.75 Å². The second-order valence-electron chi connectivity index (χ2n) is 4.28. The lowest BCUT2D eigenvalue weighted by molar-refractivity contribution is 0.303. The SMILES string of the molecule is C=CCc1cc(N)ccc1OCc1ccc(Cl)cc1. The zero-order valence-electron chi connectivity index (χ0n) is 10.6. The van der Waals surface area contributed by atoms with E-state index in [4.69, 9.17) is 22.1 Å². The third-order valence-corrected chi connectivity index (χ3v) is 3.01. The molecule has 0 radical (unpaired) electrons. The van der Waals surface area contributed by atoms with E-state index in [9.17, 15) is 0 Å². The van der Waals surface area contributed by atoms with Crippen molar-refractivity contribution in [2.45, 2.75) is 13.0 Å². The molecule has 0 saturated carbocycles. The summed E-state index contributed by atoms with van der Waals surface area (Å²) in [6.45, 7) is 4.25.